The van der Waals surface area contributed by atoms with Crippen LogP contribution in [0.4, 0.5) is 22.9 Å². The van der Waals surface area contributed by atoms with Crippen molar-refractivity contribution in [1.29, 1.82) is 0 Å². The summed E-state index contributed by atoms with van der Waals surface area (Å²) in [7, 11) is 0. The van der Waals surface area contributed by atoms with E-state index in [-0.39, 0.29) is 11.6 Å². The number of amides is 2. The van der Waals surface area contributed by atoms with Gasteiger partial charge in [-0.25, -0.2) is 0 Å². The van der Waals surface area contributed by atoms with Crippen molar-refractivity contribution >= 4 is 34.7 Å². The van der Waals surface area contributed by atoms with Crippen LogP contribution in [0.3, 0.4) is 0 Å². The minimum atomic E-state index is -0.601. The monoisotopic (exact) mass is 452 g/mol. The smallest absolute Gasteiger partial charge is 0.271 e. The number of hydrogen-bond donors (Lipinski definition) is 4. The van der Waals surface area contributed by atoms with Gasteiger partial charge in [0.15, 0.2) is 11.5 Å². The Kier molecular flexibility index (Phi) is 7.23. The molecule has 0 radical (unpaired) electrons. The molecule has 2 amide bonds. The number of nitrogens with one attached hydrogen (secondary N) is 3. The van der Waals surface area contributed by atoms with Gasteiger partial charge in [-0.3, -0.25) is 9.59 Å². The van der Waals surface area contributed by atoms with Crippen LogP contribution in [0, 0.1) is 5.92 Å². The van der Waals surface area contributed by atoms with Crippen LogP contribution in [-0.4, -0.2) is 72.7 Å². The Bertz CT molecular complexity index is 967. The number of benzene rings is 1. The number of carbonyl (C=O) groups excluding carboxylic acids is 2. The van der Waals surface area contributed by atoms with Crippen molar-refractivity contribution in [2.75, 3.05) is 61.3 Å². The first-order chi connectivity index (χ1) is 16.0. The lowest BCUT2D eigenvalue weighted by molar-refractivity contribution is -0.129. The second-order valence-electron chi connectivity index (χ2n) is 8.60. The molecule has 2 fully saturated rings. The maximum atomic E-state index is 11.8. The summed E-state index contributed by atoms with van der Waals surface area (Å²) in [6.45, 7) is 7.52. The van der Waals surface area contributed by atoms with E-state index in [9.17, 15) is 9.59 Å². The first kappa shape index (κ1) is 22.8. The number of nitrogens with zero attached hydrogens (tertiary/aromatic N) is 4. The van der Waals surface area contributed by atoms with E-state index < -0.39 is 5.91 Å². The van der Waals surface area contributed by atoms with Gasteiger partial charge in [-0.15, -0.1) is 10.2 Å². The van der Waals surface area contributed by atoms with Crippen LogP contribution in [0.2, 0.25) is 0 Å². The number of nitrogens with two attached hydrogens (primary N) is 1. The number of piperazine rings is 1. The van der Waals surface area contributed by atoms with Crippen LogP contribution in [0.25, 0.3) is 0 Å². The molecule has 2 aliphatic heterocycles. The molecule has 176 valence electrons. The van der Waals surface area contributed by atoms with Gasteiger partial charge >= 0.3 is 0 Å². The van der Waals surface area contributed by atoms with E-state index in [1.54, 1.807) is 13.0 Å². The standard InChI is InChI=1S/C23H32N8O2/c1-16(32)30-10-12-31(13-11-30)19-4-2-18(3-5-19)27-21-14-20(22(23(24)33)29-28-21)26-15-17-6-8-25-9-7-17/h2-5,14,17,25H,6-13,15H2,1H3,(H2,24,33)(H2,26,27,28). The van der Waals surface area contributed by atoms with E-state index in [1.165, 1.54) is 0 Å². The lowest BCUT2D eigenvalue weighted by atomic mass is 9.98. The fraction of sp³-hybridized carbons (Fsp3) is 0.478. The second kappa shape index (κ2) is 10.5. The average Bonchev–Trinajstić information content (AvgIpc) is 2.84. The zero-order chi connectivity index (χ0) is 23.2. The molecule has 33 heavy (non-hydrogen) atoms. The number of aromatic nitrogens is 2. The highest BCUT2D eigenvalue weighted by atomic mass is 16.2. The minimum Gasteiger partial charge on any atom is -0.383 e. The number of rotatable bonds is 7. The summed E-state index contributed by atoms with van der Waals surface area (Å²) in [5.74, 6) is 0.607. The van der Waals surface area contributed by atoms with Crippen molar-refractivity contribution < 1.29 is 9.59 Å². The molecule has 0 spiro atoms. The predicted molar refractivity (Wildman–Crippen MR) is 129 cm³/mol. The molecule has 3 heterocycles. The third-order valence-corrected chi connectivity index (χ3v) is 6.30. The molecular formula is C23H32N8O2. The zero-order valence-electron chi connectivity index (χ0n) is 19.0. The van der Waals surface area contributed by atoms with Crippen LogP contribution in [0.1, 0.15) is 30.3 Å². The summed E-state index contributed by atoms with van der Waals surface area (Å²) >= 11 is 0. The largest absolute Gasteiger partial charge is 0.383 e. The van der Waals surface area contributed by atoms with E-state index in [2.05, 4.69) is 31.0 Å². The molecule has 10 nitrogen and oxygen atoms in total. The Balaban J connectivity index is 1.39. The van der Waals surface area contributed by atoms with Crippen molar-refractivity contribution in [2.45, 2.75) is 19.8 Å². The van der Waals surface area contributed by atoms with Gasteiger partial charge in [-0.2, -0.15) is 0 Å². The maximum absolute atomic E-state index is 11.8. The summed E-state index contributed by atoms with van der Waals surface area (Å²) in [6, 6.07) is 9.85. The fourth-order valence-corrected chi connectivity index (χ4v) is 4.29. The molecule has 2 aliphatic rings. The Morgan fingerprint density at radius 1 is 1.09 bits per heavy atom. The lowest BCUT2D eigenvalue weighted by Gasteiger charge is -2.35. The van der Waals surface area contributed by atoms with E-state index in [0.29, 0.717) is 17.4 Å². The Morgan fingerprint density at radius 2 is 1.79 bits per heavy atom. The van der Waals surface area contributed by atoms with Crippen LogP contribution in [0.5, 0.6) is 0 Å². The maximum Gasteiger partial charge on any atom is 0.271 e. The van der Waals surface area contributed by atoms with Crippen LogP contribution >= 0.6 is 0 Å². The second-order valence-corrected chi connectivity index (χ2v) is 8.60. The average molecular weight is 453 g/mol. The molecule has 0 bridgehead atoms. The molecule has 0 aliphatic carbocycles. The highest BCUT2D eigenvalue weighted by Crippen LogP contribution is 2.24. The molecule has 0 saturated carbocycles. The van der Waals surface area contributed by atoms with Crippen molar-refractivity contribution in [3.63, 3.8) is 0 Å². The predicted octanol–water partition coefficient (Wildman–Crippen LogP) is 1.40. The Morgan fingerprint density at radius 3 is 2.42 bits per heavy atom. The topological polar surface area (TPSA) is 129 Å². The third-order valence-electron chi connectivity index (χ3n) is 6.30. The van der Waals surface area contributed by atoms with E-state index >= 15 is 0 Å². The summed E-state index contributed by atoms with van der Waals surface area (Å²) in [5, 5.41) is 18.1. The molecule has 1 aromatic heterocycles. The zero-order valence-corrected chi connectivity index (χ0v) is 19.0. The van der Waals surface area contributed by atoms with Gasteiger partial charge in [0.2, 0.25) is 5.91 Å². The molecular weight excluding hydrogens is 420 g/mol. The normalized spacial score (nSPS) is 17.0. The Hall–Kier alpha value is -3.40. The minimum absolute atomic E-state index is 0.127. The SMILES string of the molecule is CC(=O)N1CCN(c2ccc(Nc3cc(NCC4CCNCC4)c(C(N)=O)nn3)cc2)CC1. The molecule has 0 unspecified atom stereocenters. The van der Waals surface area contributed by atoms with Crippen LogP contribution in [-0.2, 0) is 4.79 Å². The van der Waals surface area contributed by atoms with Crippen molar-refractivity contribution in [3.8, 4) is 0 Å². The summed E-state index contributed by atoms with van der Waals surface area (Å²) in [4.78, 5) is 27.5. The van der Waals surface area contributed by atoms with Gasteiger partial charge < -0.3 is 31.5 Å². The van der Waals surface area contributed by atoms with Crippen molar-refractivity contribution in [2.24, 2.45) is 11.7 Å². The molecule has 10 heteroatoms. The van der Waals surface area contributed by atoms with Gasteiger partial charge in [0, 0.05) is 57.1 Å². The highest BCUT2D eigenvalue weighted by Gasteiger charge is 2.19. The first-order valence-corrected chi connectivity index (χ1v) is 11.5. The van der Waals surface area contributed by atoms with Gasteiger partial charge in [0.05, 0.1) is 5.69 Å². The quantitative estimate of drug-likeness (QED) is 0.496. The summed E-state index contributed by atoms with van der Waals surface area (Å²) < 4.78 is 0. The molecule has 2 saturated heterocycles. The number of hydrogen-bond acceptors (Lipinski definition) is 8. The molecule has 0 atom stereocenters. The van der Waals surface area contributed by atoms with Gasteiger partial charge in [-0.05, 0) is 56.1 Å². The molecule has 5 N–H and O–H groups in total. The summed E-state index contributed by atoms with van der Waals surface area (Å²) in [5.41, 5.74) is 8.23. The van der Waals surface area contributed by atoms with Gasteiger partial charge in [-0.1, -0.05) is 0 Å². The molecule has 2 aromatic rings. The lowest BCUT2D eigenvalue weighted by Crippen LogP contribution is -2.48. The van der Waals surface area contributed by atoms with Crippen molar-refractivity contribution in [1.82, 2.24) is 20.4 Å². The highest BCUT2D eigenvalue weighted by molar-refractivity contribution is 5.96. The van der Waals surface area contributed by atoms with Crippen LogP contribution < -0.4 is 26.6 Å². The first-order valence-electron chi connectivity index (χ1n) is 11.5. The molecule has 4 rings (SSSR count). The van der Waals surface area contributed by atoms with E-state index in [0.717, 1.165) is 70.0 Å². The molecule has 1 aromatic carbocycles. The number of carbonyl (C=O) groups is 2. The summed E-state index contributed by atoms with van der Waals surface area (Å²) in [6.07, 6.45) is 2.19. The third kappa shape index (κ3) is 5.89. The van der Waals surface area contributed by atoms with E-state index in [1.807, 2.05) is 29.2 Å². The number of piperidine rings is 1. The number of anilines is 4. The van der Waals surface area contributed by atoms with Gasteiger partial charge in [0.1, 0.15) is 0 Å². The van der Waals surface area contributed by atoms with Crippen molar-refractivity contribution in [3.05, 3.63) is 36.0 Å². The van der Waals surface area contributed by atoms with E-state index in [4.69, 9.17) is 5.73 Å². The van der Waals surface area contributed by atoms with Gasteiger partial charge in [0.25, 0.3) is 5.91 Å². The fourth-order valence-electron chi connectivity index (χ4n) is 4.29. The number of primary amides is 1. The van der Waals surface area contributed by atoms with Crippen LogP contribution in [0.15, 0.2) is 30.3 Å². The Labute approximate surface area is 193 Å².